The molecule has 0 heterocycles. The fourth-order valence-electron chi connectivity index (χ4n) is 11.8. The summed E-state index contributed by atoms with van der Waals surface area (Å²) in [6.45, 7) is 0.0570. The van der Waals surface area contributed by atoms with Gasteiger partial charge in [0.2, 0.25) is 0 Å². The van der Waals surface area contributed by atoms with Crippen LogP contribution in [0.25, 0.3) is 97.0 Å². The Hall–Kier alpha value is -8.74. The van der Waals surface area contributed by atoms with Gasteiger partial charge < -0.3 is 38.1 Å². The first-order valence-electron chi connectivity index (χ1n) is 30.5. The van der Waals surface area contributed by atoms with E-state index in [1.54, 1.807) is 0 Å². The van der Waals surface area contributed by atoms with Crippen LogP contribution in [0.1, 0.15) is 110 Å². The quantitative estimate of drug-likeness (QED) is 0.0326. The van der Waals surface area contributed by atoms with Crippen molar-refractivity contribution in [1.29, 1.82) is 0 Å². The molecule has 0 aromatic heterocycles. The standard InChI is InChI=1S/C78H64O10P2/c79-49-13-1-7-19-55-25-31-61-39-45-69-57(27-33-63-37-43-67(55)73(61)75(63)69)21-9-3-15-51-85-89(81,82)87-53-17-5-11-23-59-29-35-65-42-48-72-60(30-36-66-41-47-71(59)77(65)78(66)72)24-12-6-18-54-88-90(83,84)86-52-16-4-10-22-58-28-34-64-38-44-68-56(20-8-2-14-50-80)26-32-62-40-46-70(58)76(64)74(62)68/h25-48,79-80H,1-6,13-18,49-54H2,(H,81,82)(H,83,84)/p-2. The molecule has 12 aromatic rings. The van der Waals surface area contributed by atoms with Gasteiger partial charge in [-0.15, -0.1) is 0 Å². The average Bonchev–Trinajstić information content (AvgIpc) is 0.760. The summed E-state index contributed by atoms with van der Waals surface area (Å²) >= 11 is 0. The van der Waals surface area contributed by atoms with Crippen molar-refractivity contribution in [3.63, 3.8) is 0 Å². The van der Waals surface area contributed by atoms with Gasteiger partial charge in [-0.2, -0.15) is 0 Å². The number of phosphoric acid groups is 2. The summed E-state index contributed by atoms with van der Waals surface area (Å²) in [5, 5.41) is 38.0. The molecule has 12 aromatic carbocycles. The summed E-state index contributed by atoms with van der Waals surface area (Å²) in [6.07, 6.45) is 5.91. The molecule has 0 fully saturated rings. The maximum atomic E-state index is 12.6. The molecule has 12 heteroatoms. The average molecular weight is 1220 g/mol. The molecule has 0 spiro atoms. The van der Waals surface area contributed by atoms with Crippen LogP contribution < -0.4 is 9.79 Å². The predicted molar refractivity (Wildman–Crippen MR) is 360 cm³/mol. The fraction of sp³-hybridized carbons (Fsp3) is 0.231. The maximum Gasteiger partial charge on any atom is 0.267 e. The van der Waals surface area contributed by atoms with Crippen molar-refractivity contribution in [1.82, 2.24) is 0 Å². The first kappa shape index (κ1) is 61.5. The van der Waals surface area contributed by atoms with E-state index in [4.69, 9.17) is 28.3 Å². The van der Waals surface area contributed by atoms with Crippen LogP contribution in [0.3, 0.4) is 0 Å². The van der Waals surface area contributed by atoms with Crippen LogP contribution in [0.4, 0.5) is 0 Å². The number of unbranched alkanes of at least 4 members (excludes halogenated alkanes) is 6. The highest BCUT2D eigenvalue weighted by Gasteiger charge is 2.17. The van der Waals surface area contributed by atoms with Crippen molar-refractivity contribution < 1.29 is 47.2 Å². The van der Waals surface area contributed by atoms with E-state index in [0.717, 1.165) is 130 Å². The van der Waals surface area contributed by atoms with Crippen molar-refractivity contribution in [3.8, 4) is 71.0 Å². The first-order valence-corrected chi connectivity index (χ1v) is 33.5. The molecule has 0 aliphatic heterocycles. The molecule has 446 valence electrons. The second kappa shape index (κ2) is 28.4. The Morgan fingerprint density at radius 1 is 0.278 bits per heavy atom. The smallest absolute Gasteiger partial charge is 0.267 e. The summed E-state index contributed by atoms with van der Waals surface area (Å²) < 4.78 is 46.0. The molecular formula is C78H62O10P2-2. The number of aliphatic hydroxyl groups is 2. The molecule has 0 saturated carbocycles. The molecule has 0 saturated heterocycles. The normalized spacial score (nSPS) is 12.7. The van der Waals surface area contributed by atoms with Crippen LogP contribution in [0.2, 0.25) is 0 Å². The number of hydrogen-bond acceptors (Lipinski definition) is 10. The molecule has 0 radical (unpaired) electrons. The maximum absolute atomic E-state index is 12.6. The predicted octanol–water partition coefficient (Wildman–Crippen LogP) is 15.6. The molecule has 2 atom stereocenters. The highest BCUT2D eigenvalue weighted by molar-refractivity contribution is 7.46. The van der Waals surface area contributed by atoms with Crippen molar-refractivity contribution in [3.05, 3.63) is 179 Å². The highest BCUT2D eigenvalue weighted by atomic mass is 31.2. The fourth-order valence-corrected chi connectivity index (χ4v) is 13.3. The number of aliphatic hydroxyl groups excluding tert-OH is 2. The molecule has 12 rings (SSSR count). The first-order chi connectivity index (χ1) is 44.1. The molecule has 2 unspecified atom stereocenters. The van der Waals surface area contributed by atoms with E-state index in [2.05, 4.69) is 192 Å². The van der Waals surface area contributed by atoms with Crippen LogP contribution in [0, 0.1) is 71.0 Å². The minimum absolute atomic E-state index is 0.0413. The zero-order valence-corrected chi connectivity index (χ0v) is 51.4. The van der Waals surface area contributed by atoms with Crippen LogP contribution in [0.15, 0.2) is 146 Å². The van der Waals surface area contributed by atoms with Gasteiger partial charge in [0.1, 0.15) is 0 Å². The van der Waals surface area contributed by atoms with Gasteiger partial charge in [-0.25, -0.2) is 0 Å². The lowest BCUT2D eigenvalue weighted by atomic mass is 9.90. The van der Waals surface area contributed by atoms with Gasteiger partial charge in [0.05, 0.1) is 26.4 Å². The Morgan fingerprint density at radius 2 is 0.456 bits per heavy atom. The topological polar surface area (TPSA) is 158 Å². The Bertz CT molecular complexity index is 4850. The Morgan fingerprint density at radius 3 is 0.644 bits per heavy atom. The van der Waals surface area contributed by atoms with Crippen LogP contribution in [0.5, 0.6) is 0 Å². The van der Waals surface area contributed by atoms with Gasteiger partial charge in [-0.3, -0.25) is 9.13 Å². The lowest BCUT2D eigenvalue weighted by molar-refractivity contribution is -0.226. The zero-order chi connectivity index (χ0) is 61.9. The molecule has 0 aliphatic rings. The van der Waals surface area contributed by atoms with Gasteiger partial charge in [0.15, 0.2) is 0 Å². The largest absolute Gasteiger partial charge is 0.756 e. The molecular weight excluding hydrogens is 1160 g/mol. The van der Waals surface area contributed by atoms with Crippen molar-refractivity contribution in [2.24, 2.45) is 0 Å². The summed E-state index contributed by atoms with van der Waals surface area (Å²) in [5.41, 5.74) is 5.43. The molecule has 0 aliphatic carbocycles. The van der Waals surface area contributed by atoms with Crippen LogP contribution in [-0.2, 0) is 27.2 Å². The van der Waals surface area contributed by atoms with Gasteiger partial charge in [-0.1, -0.05) is 180 Å². The summed E-state index contributed by atoms with van der Waals surface area (Å²) in [5.74, 6) is 39.0. The van der Waals surface area contributed by atoms with E-state index in [1.807, 2.05) is 24.3 Å². The minimum atomic E-state index is -4.52. The Labute approximate surface area is 523 Å². The summed E-state index contributed by atoms with van der Waals surface area (Å²) in [6, 6.07) is 49.9. The lowest BCUT2D eigenvalue weighted by Crippen LogP contribution is -2.09. The van der Waals surface area contributed by atoms with Gasteiger partial charge >= 0.3 is 0 Å². The molecule has 0 bridgehead atoms. The summed E-state index contributed by atoms with van der Waals surface area (Å²) in [7, 11) is -9.04. The lowest BCUT2D eigenvalue weighted by Gasteiger charge is -2.22. The molecule has 0 amide bonds. The zero-order valence-electron chi connectivity index (χ0n) is 49.6. The third-order valence-electron chi connectivity index (χ3n) is 16.0. The number of hydrogen-bond donors (Lipinski definition) is 2. The van der Waals surface area contributed by atoms with Crippen LogP contribution in [-0.4, -0.2) is 49.9 Å². The van der Waals surface area contributed by atoms with E-state index in [1.165, 1.54) is 0 Å². The Balaban J connectivity index is 0.583. The van der Waals surface area contributed by atoms with E-state index in [0.29, 0.717) is 77.0 Å². The van der Waals surface area contributed by atoms with Crippen molar-refractivity contribution in [2.75, 3.05) is 39.6 Å². The number of benzene rings is 12. The molecule has 10 nitrogen and oxygen atoms in total. The number of rotatable bonds is 20. The van der Waals surface area contributed by atoms with E-state index < -0.39 is 15.6 Å². The summed E-state index contributed by atoms with van der Waals surface area (Å²) in [4.78, 5) is 25.3. The molecule has 90 heavy (non-hydrogen) atoms. The highest BCUT2D eigenvalue weighted by Crippen LogP contribution is 2.42. The van der Waals surface area contributed by atoms with E-state index in [9.17, 15) is 18.9 Å². The second-order valence-electron chi connectivity index (χ2n) is 22.1. The SMILES string of the molecule is O=P([O-])(OCCCC#Cc1ccc2ccc3c(C#CCCCO)ccc4ccc1c2c43)OCCCC#Cc1ccc2ccc3c(C#CCCCOP(=O)([O-])OCCCC#Cc4ccc5ccc6c(C#CCCCO)ccc7ccc4c5c76)ccc4ccc1c2c43. The van der Waals surface area contributed by atoms with Gasteiger partial charge in [0.25, 0.3) is 15.6 Å². The third kappa shape index (κ3) is 13.8. The third-order valence-corrected chi connectivity index (χ3v) is 18.0. The Kier molecular flexibility index (Phi) is 19.4. The molecule has 2 N–H and O–H groups in total. The van der Waals surface area contributed by atoms with E-state index in [-0.39, 0.29) is 39.6 Å². The van der Waals surface area contributed by atoms with Crippen molar-refractivity contribution >= 4 is 113 Å². The second-order valence-corrected chi connectivity index (χ2v) is 24.9. The minimum Gasteiger partial charge on any atom is -0.756 e. The van der Waals surface area contributed by atoms with Gasteiger partial charge in [-0.05, 0) is 172 Å². The number of phosphoric ester groups is 2. The van der Waals surface area contributed by atoms with Gasteiger partial charge in [0, 0.05) is 85.1 Å². The van der Waals surface area contributed by atoms with E-state index >= 15 is 0 Å². The monoisotopic (exact) mass is 1220 g/mol. The van der Waals surface area contributed by atoms with Crippen LogP contribution >= 0.6 is 15.6 Å². The van der Waals surface area contributed by atoms with Crippen molar-refractivity contribution in [2.45, 2.75) is 77.0 Å².